The predicted molar refractivity (Wildman–Crippen MR) is 142 cm³/mol. The van der Waals surface area contributed by atoms with E-state index in [1.54, 1.807) is 24.5 Å². The van der Waals surface area contributed by atoms with Crippen molar-refractivity contribution in [1.82, 2.24) is 15.2 Å². The molecule has 1 aliphatic rings. The summed E-state index contributed by atoms with van der Waals surface area (Å²) < 4.78 is 5.53. The highest BCUT2D eigenvalue weighted by Crippen LogP contribution is 2.30. The number of carbonyl (C=O) groups excluding carboxylic acids is 1. The molecule has 9 nitrogen and oxygen atoms in total. The smallest absolute Gasteiger partial charge is 0.410 e. The maximum atomic E-state index is 12.4. The van der Waals surface area contributed by atoms with Crippen LogP contribution in [0.3, 0.4) is 0 Å². The number of hydrazone groups is 1. The molecule has 2 atom stereocenters. The number of piperazine rings is 1. The predicted octanol–water partition coefficient (Wildman–Crippen LogP) is 3.84. The molecule has 9 heteroatoms. The largest absolute Gasteiger partial charge is 0.444 e. The van der Waals surface area contributed by atoms with Gasteiger partial charge in [-0.15, -0.1) is 0 Å². The Morgan fingerprint density at radius 3 is 2.51 bits per heavy atom. The molecule has 1 fully saturated rings. The number of hydrogen-bond donors (Lipinski definition) is 1. The third-order valence-electron chi connectivity index (χ3n) is 6.05. The van der Waals surface area contributed by atoms with Crippen LogP contribution < -0.4 is 15.2 Å². The van der Waals surface area contributed by atoms with Gasteiger partial charge in [0.05, 0.1) is 12.0 Å². The van der Waals surface area contributed by atoms with Gasteiger partial charge in [-0.05, 0) is 64.6 Å². The maximum absolute atomic E-state index is 12.4. The summed E-state index contributed by atoms with van der Waals surface area (Å²) in [7, 11) is 3.73. The average Bonchev–Trinajstić information content (AvgIpc) is 2.83. The summed E-state index contributed by atoms with van der Waals surface area (Å²) >= 11 is 0. The summed E-state index contributed by atoms with van der Waals surface area (Å²) in [5, 5.41) is 13.8. The zero-order chi connectivity index (χ0) is 26.2. The van der Waals surface area contributed by atoms with Gasteiger partial charge in [0, 0.05) is 64.2 Å². The molecule has 1 saturated heterocycles. The van der Waals surface area contributed by atoms with E-state index in [0.29, 0.717) is 19.6 Å². The quantitative estimate of drug-likeness (QED) is 0.324. The number of nitrogens with one attached hydrogen (secondary N) is 1. The molecule has 35 heavy (non-hydrogen) atoms. The zero-order valence-electron chi connectivity index (χ0n) is 22.3. The van der Waals surface area contributed by atoms with Crippen molar-refractivity contribution in [1.29, 1.82) is 5.26 Å². The number of ether oxygens (including phenoxy) is 1. The Balaban J connectivity index is 2.32. The van der Waals surface area contributed by atoms with E-state index >= 15 is 0 Å². The molecule has 0 bridgehead atoms. The fourth-order valence-corrected chi connectivity index (χ4v) is 3.81. The molecule has 0 radical (unpaired) electrons. The molecule has 1 aromatic rings. The van der Waals surface area contributed by atoms with Crippen LogP contribution in [0.15, 0.2) is 36.1 Å². The van der Waals surface area contributed by atoms with Crippen LogP contribution in [-0.4, -0.2) is 74.1 Å². The van der Waals surface area contributed by atoms with E-state index in [0.717, 1.165) is 30.0 Å². The van der Waals surface area contributed by atoms with Crippen molar-refractivity contribution < 1.29 is 9.53 Å². The molecular weight excluding hydrogens is 442 g/mol. The first-order valence-corrected chi connectivity index (χ1v) is 12.1. The topological polar surface area (TPSA) is 87.4 Å². The molecule has 2 rings (SSSR count). The van der Waals surface area contributed by atoms with Gasteiger partial charge in [-0.1, -0.05) is 6.58 Å². The molecule has 0 spiro atoms. The molecule has 0 aliphatic carbocycles. The standard InChI is InChI=1S/C26H41N7O2/c1-9-30(8)18-22-16-23(31-12-14-32(15-13-31)25(34)35-26(4,5)6)10-11-24(22)33(19-29-28-7)21(3)20(2)17-27/h9-11,16,19-21,28H,1,12-15,18H2,2-8H3/b29-19-. The van der Waals surface area contributed by atoms with E-state index in [4.69, 9.17) is 4.74 Å². The second-order valence-electron chi connectivity index (χ2n) is 9.90. The third kappa shape index (κ3) is 7.81. The minimum absolute atomic E-state index is 0.0758. The molecule has 0 saturated carbocycles. The summed E-state index contributed by atoms with van der Waals surface area (Å²) in [6.45, 7) is 16.8. The van der Waals surface area contributed by atoms with Gasteiger partial charge in [0.2, 0.25) is 0 Å². The molecule has 1 heterocycles. The molecule has 1 amide bonds. The molecule has 0 aromatic heterocycles. The summed E-state index contributed by atoms with van der Waals surface area (Å²) in [6.07, 6.45) is 3.27. The van der Waals surface area contributed by atoms with Gasteiger partial charge in [-0.25, -0.2) is 4.79 Å². The molecular formula is C26H41N7O2. The average molecular weight is 484 g/mol. The SMILES string of the molecule is C=CN(C)Cc1cc(N2CCN(C(=O)OC(C)(C)C)CC2)ccc1N(/C=N\NC)C(C)C(C)C#N. The second kappa shape index (κ2) is 12.3. The van der Waals surface area contributed by atoms with Crippen LogP contribution in [-0.2, 0) is 11.3 Å². The van der Waals surface area contributed by atoms with Crippen LogP contribution in [0.2, 0.25) is 0 Å². The van der Waals surface area contributed by atoms with Crippen molar-refractivity contribution in [2.75, 3.05) is 50.1 Å². The number of rotatable bonds is 9. The van der Waals surface area contributed by atoms with Crippen molar-refractivity contribution in [3.05, 3.63) is 36.5 Å². The Morgan fingerprint density at radius 2 is 1.97 bits per heavy atom. The zero-order valence-corrected chi connectivity index (χ0v) is 22.3. The van der Waals surface area contributed by atoms with E-state index in [-0.39, 0.29) is 18.1 Å². The van der Waals surface area contributed by atoms with Crippen LogP contribution in [0, 0.1) is 17.2 Å². The number of carbonyl (C=O) groups is 1. The van der Waals surface area contributed by atoms with Crippen molar-refractivity contribution in [2.24, 2.45) is 11.0 Å². The third-order valence-corrected chi connectivity index (χ3v) is 6.05. The number of benzene rings is 1. The lowest BCUT2D eigenvalue weighted by molar-refractivity contribution is 0.0240. The van der Waals surface area contributed by atoms with Gasteiger partial charge in [0.15, 0.2) is 0 Å². The number of anilines is 2. The lowest BCUT2D eigenvalue weighted by atomic mass is 10.0. The van der Waals surface area contributed by atoms with Gasteiger partial charge in [0.1, 0.15) is 11.9 Å². The number of nitrogens with zero attached hydrogens (tertiary/aromatic N) is 6. The van der Waals surface area contributed by atoms with E-state index < -0.39 is 5.60 Å². The Bertz CT molecular complexity index is 927. The van der Waals surface area contributed by atoms with E-state index in [9.17, 15) is 10.1 Å². The van der Waals surface area contributed by atoms with Crippen LogP contribution in [0.4, 0.5) is 16.2 Å². The molecule has 1 aromatic carbocycles. The highest BCUT2D eigenvalue weighted by atomic mass is 16.6. The fourth-order valence-electron chi connectivity index (χ4n) is 3.81. The minimum Gasteiger partial charge on any atom is -0.444 e. The second-order valence-corrected chi connectivity index (χ2v) is 9.90. The summed E-state index contributed by atoms with van der Waals surface area (Å²) in [5.41, 5.74) is 5.49. The van der Waals surface area contributed by atoms with Crippen molar-refractivity contribution in [3.8, 4) is 6.07 Å². The molecule has 1 aliphatic heterocycles. The van der Waals surface area contributed by atoms with Crippen LogP contribution in [0.5, 0.6) is 0 Å². The fraction of sp³-hybridized carbons (Fsp3) is 0.577. The van der Waals surface area contributed by atoms with E-state index in [2.05, 4.69) is 46.3 Å². The minimum atomic E-state index is -0.501. The Morgan fingerprint density at radius 1 is 1.31 bits per heavy atom. The normalized spacial score (nSPS) is 15.8. The summed E-state index contributed by atoms with van der Waals surface area (Å²) in [5.74, 6) is -0.191. The van der Waals surface area contributed by atoms with Crippen molar-refractivity contribution in [2.45, 2.75) is 52.8 Å². The van der Waals surface area contributed by atoms with Crippen LogP contribution in [0.25, 0.3) is 0 Å². The summed E-state index contributed by atoms with van der Waals surface area (Å²) in [6, 6.07) is 8.64. The van der Waals surface area contributed by atoms with Crippen molar-refractivity contribution >= 4 is 23.8 Å². The van der Waals surface area contributed by atoms with Gasteiger partial charge in [0.25, 0.3) is 0 Å². The number of nitriles is 1. The number of hydrogen-bond acceptors (Lipinski definition) is 7. The first-order chi connectivity index (χ1) is 16.5. The maximum Gasteiger partial charge on any atom is 0.410 e. The van der Waals surface area contributed by atoms with Crippen LogP contribution >= 0.6 is 0 Å². The molecule has 2 unspecified atom stereocenters. The van der Waals surface area contributed by atoms with Gasteiger partial charge in [-0.3, -0.25) is 0 Å². The van der Waals surface area contributed by atoms with Gasteiger partial charge in [-0.2, -0.15) is 10.4 Å². The first-order valence-electron chi connectivity index (χ1n) is 12.1. The lowest BCUT2D eigenvalue weighted by Gasteiger charge is -2.37. The summed E-state index contributed by atoms with van der Waals surface area (Å²) in [4.78, 5) is 20.6. The van der Waals surface area contributed by atoms with Gasteiger partial charge < -0.3 is 29.8 Å². The lowest BCUT2D eigenvalue weighted by Crippen LogP contribution is -2.50. The highest BCUT2D eigenvalue weighted by Gasteiger charge is 2.27. The first kappa shape index (κ1) is 27.8. The van der Waals surface area contributed by atoms with E-state index in [1.165, 1.54) is 0 Å². The van der Waals surface area contributed by atoms with E-state index in [1.807, 2.05) is 51.5 Å². The van der Waals surface area contributed by atoms with Gasteiger partial charge >= 0.3 is 6.09 Å². The van der Waals surface area contributed by atoms with Crippen LogP contribution in [0.1, 0.15) is 40.2 Å². The monoisotopic (exact) mass is 483 g/mol. The molecule has 192 valence electrons. The molecule has 1 N–H and O–H groups in total. The van der Waals surface area contributed by atoms with Crippen molar-refractivity contribution in [3.63, 3.8) is 0 Å². The Labute approximate surface area is 210 Å². The Hall–Kier alpha value is -3.41. The highest BCUT2D eigenvalue weighted by molar-refractivity contribution is 5.82. The number of amides is 1. The Kier molecular flexibility index (Phi) is 9.81.